The van der Waals surface area contributed by atoms with Gasteiger partial charge in [0.1, 0.15) is 5.69 Å². The number of aromatic nitrogens is 3. The summed E-state index contributed by atoms with van der Waals surface area (Å²) in [5.41, 5.74) is 2.16. The van der Waals surface area contributed by atoms with Crippen molar-refractivity contribution in [2.24, 2.45) is 0 Å². The second-order valence-corrected chi connectivity index (χ2v) is 4.30. The van der Waals surface area contributed by atoms with Crippen molar-refractivity contribution in [2.75, 3.05) is 0 Å². The summed E-state index contributed by atoms with van der Waals surface area (Å²) in [6.07, 6.45) is 1.36. The summed E-state index contributed by atoms with van der Waals surface area (Å²) in [5.74, 6) is 0.565. The van der Waals surface area contributed by atoms with E-state index < -0.39 is 0 Å². The van der Waals surface area contributed by atoms with Crippen molar-refractivity contribution in [1.29, 1.82) is 0 Å². The smallest absolute Gasteiger partial charge is 0.264 e. The maximum absolute atomic E-state index is 5.30. The molecule has 0 saturated heterocycles. The van der Waals surface area contributed by atoms with Crippen LogP contribution >= 0.6 is 0 Å². The molecule has 0 spiro atoms. The van der Waals surface area contributed by atoms with Crippen LogP contribution in [0.4, 0.5) is 0 Å². The van der Waals surface area contributed by atoms with Crippen LogP contribution in [0.1, 0.15) is 19.9 Å². The van der Waals surface area contributed by atoms with Crippen LogP contribution in [0.5, 0.6) is 0 Å². The molecule has 1 aromatic carbocycles. The lowest BCUT2D eigenvalue weighted by Gasteiger charge is -2.12. The molecule has 86 valence electrons. The first-order chi connectivity index (χ1) is 8.27. The minimum absolute atomic E-state index is 0.344. The molecule has 0 unspecified atom stereocenters. The molecule has 0 bridgehead atoms. The van der Waals surface area contributed by atoms with Gasteiger partial charge in [0.25, 0.3) is 5.89 Å². The molecule has 3 aromatic rings. The number of rotatable bonds is 2. The molecule has 0 aliphatic carbocycles. The van der Waals surface area contributed by atoms with Crippen molar-refractivity contribution in [3.63, 3.8) is 0 Å². The Morgan fingerprint density at radius 3 is 2.76 bits per heavy atom. The summed E-state index contributed by atoms with van der Waals surface area (Å²) in [7, 11) is 0. The van der Waals surface area contributed by atoms with E-state index in [4.69, 9.17) is 4.42 Å². The SMILES string of the molecule is CC(C)n1c(-c2nnco2)cc2ccccc21. The number of nitrogens with zero attached hydrogens (tertiary/aromatic N) is 3. The predicted octanol–water partition coefficient (Wildman–Crippen LogP) is 3.27. The van der Waals surface area contributed by atoms with Crippen LogP contribution in [0, 0.1) is 0 Å². The van der Waals surface area contributed by atoms with Gasteiger partial charge >= 0.3 is 0 Å². The zero-order valence-electron chi connectivity index (χ0n) is 9.79. The van der Waals surface area contributed by atoms with E-state index in [2.05, 4.69) is 46.8 Å². The number of para-hydroxylation sites is 1. The fourth-order valence-corrected chi connectivity index (χ4v) is 2.18. The van der Waals surface area contributed by atoms with Crippen LogP contribution in [-0.4, -0.2) is 14.8 Å². The van der Waals surface area contributed by atoms with Crippen molar-refractivity contribution < 1.29 is 4.42 Å². The molecule has 0 aliphatic rings. The average molecular weight is 227 g/mol. The Morgan fingerprint density at radius 2 is 2.06 bits per heavy atom. The van der Waals surface area contributed by atoms with E-state index in [0.717, 1.165) is 5.69 Å². The van der Waals surface area contributed by atoms with Gasteiger partial charge in [0.15, 0.2) is 0 Å². The fraction of sp³-hybridized carbons (Fsp3) is 0.231. The first-order valence-corrected chi connectivity index (χ1v) is 5.64. The minimum atomic E-state index is 0.344. The van der Waals surface area contributed by atoms with E-state index in [9.17, 15) is 0 Å². The maximum Gasteiger partial charge on any atom is 0.264 e. The van der Waals surface area contributed by atoms with Gasteiger partial charge in [-0.1, -0.05) is 18.2 Å². The highest BCUT2D eigenvalue weighted by Crippen LogP contribution is 2.29. The second kappa shape index (κ2) is 3.73. The van der Waals surface area contributed by atoms with E-state index in [0.29, 0.717) is 11.9 Å². The Hall–Kier alpha value is -2.10. The van der Waals surface area contributed by atoms with Crippen molar-refractivity contribution in [3.05, 3.63) is 36.7 Å². The van der Waals surface area contributed by atoms with Gasteiger partial charge in [-0.25, -0.2) is 0 Å². The lowest BCUT2D eigenvalue weighted by molar-refractivity contribution is 0.550. The molecule has 0 radical (unpaired) electrons. The van der Waals surface area contributed by atoms with Gasteiger partial charge in [-0.3, -0.25) is 0 Å². The average Bonchev–Trinajstić information content (AvgIpc) is 2.95. The molecular weight excluding hydrogens is 214 g/mol. The Kier molecular flexibility index (Phi) is 2.21. The first-order valence-electron chi connectivity index (χ1n) is 5.64. The lowest BCUT2D eigenvalue weighted by atomic mass is 10.2. The quantitative estimate of drug-likeness (QED) is 0.674. The largest absolute Gasteiger partial charge is 0.422 e. The molecule has 3 rings (SSSR count). The topological polar surface area (TPSA) is 43.9 Å². The van der Waals surface area contributed by atoms with Crippen molar-refractivity contribution >= 4 is 10.9 Å². The molecule has 17 heavy (non-hydrogen) atoms. The fourth-order valence-electron chi connectivity index (χ4n) is 2.18. The third kappa shape index (κ3) is 1.53. The van der Waals surface area contributed by atoms with Crippen LogP contribution in [0.25, 0.3) is 22.5 Å². The highest BCUT2D eigenvalue weighted by atomic mass is 16.4. The maximum atomic E-state index is 5.30. The molecule has 2 heterocycles. The van der Waals surface area contributed by atoms with E-state index in [1.807, 2.05) is 12.1 Å². The minimum Gasteiger partial charge on any atom is -0.422 e. The summed E-state index contributed by atoms with van der Waals surface area (Å²) in [4.78, 5) is 0. The zero-order chi connectivity index (χ0) is 11.8. The molecule has 0 N–H and O–H groups in total. The summed E-state index contributed by atoms with van der Waals surface area (Å²) in [6.45, 7) is 4.29. The summed E-state index contributed by atoms with van der Waals surface area (Å²) < 4.78 is 7.51. The molecule has 2 aromatic heterocycles. The second-order valence-electron chi connectivity index (χ2n) is 4.30. The van der Waals surface area contributed by atoms with Crippen LogP contribution in [0.3, 0.4) is 0 Å². The Morgan fingerprint density at radius 1 is 1.24 bits per heavy atom. The zero-order valence-corrected chi connectivity index (χ0v) is 9.79. The van der Waals surface area contributed by atoms with Gasteiger partial charge in [-0.15, -0.1) is 10.2 Å². The first kappa shape index (κ1) is 10.1. The molecule has 4 nitrogen and oxygen atoms in total. The van der Waals surface area contributed by atoms with E-state index in [1.54, 1.807) is 0 Å². The molecule has 0 aliphatic heterocycles. The number of hydrogen-bond donors (Lipinski definition) is 0. The van der Waals surface area contributed by atoms with E-state index >= 15 is 0 Å². The van der Waals surface area contributed by atoms with Gasteiger partial charge in [0.2, 0.25) is 6.39 Å². The van der Waals surface area contributed by atoms with E-state index in [1.165, 1.54) is 17.3 Å². The molecule has 0 fully saturated rings. The van der Waals surface area contributed by atoms with E-state index in [-0.39, 0.29) is 0 Å². The van der Waals surface area contributed by atoms with Crippen LogP contribution in [0.2, 0.25) is 0 Å². The number of fused-ring (bicyclic) bond motifs is 1. The van der Waals surface area contributed by atoms with Crippen LogP contribution < -0.4 is 0 Å². The van der Waals surface area contributed by atoms with Gasteiger partial charge in [-0.05, 0) is 26.0 Å². The molecule has 0 atom stereocenters. The highest BCUT2D eigenvalue weighted by molar-refractivity contribution is 5.85. The molecule has 0 saturated carbocycles. The standard InChI is InChI=1S/C13H13N3O/c1-9(2)16-11-6-4-3-5-10(11)7-12(16)13-15-14-8-17-13/h3-9H,1-2H3. The summed E-state index contributed by atoms with van der Waals surface area (Å²) in [6, 6.07) is 10.7. The molecule has 0 amide bonds. The Balaban J connectivity index is 2.34. The monoisotopic (exact) mass is 227 g/mol. The van der Waals surface area contributed by atoms with Gasteiger partial charge in [-0.2, -0.15) is 0 Å². The van der Waals surface area contributed by atoms with Crippen molar-refractivity contribution in [1.82, 2.24) is 14.8 Å². The van der Waals surface area contributed by atoms with Gasteiger partial charge in [0.05, 0.1) is 0 Å². The normalized spacial score (nSPS) is 11.5. The number of hydrogen-bond acceptors (Lipinski definition) is 3. The van der Waals surface area contributed by atoms with Crippen LogP contribution in [-0.2, 0) is 0 Å². The van der Waals surface area contributed by atoms with Crippen molar-refractivity contribution in [2.45, 2.75) is 19.9 Å². The Labute approximate surface area is 98.9 Å². The van der Waals surface area contributed by atoms with Gasteiger partial charge in [0, 0.05) is 16.9 Å². The van der Waals surface area contributed by atoms with Crippen LogP contribution in [0.15, 0.2) is 41.1 Å². The molecular formula is C13H13N3O. The highest BCUT2D eigenvalue weighted by Gasteiger charge is 2.15. The summed E-state index contributed by atoms with van der Waals surface area (Å²) in [5, 5.41) is 8.92. The molecule has 4 heteroatoms. The van der Waals surface area contributed by atoms with Crippen molar-refractivity contribution in [3.8, 4) is 11.6 Å². The Bertz CT molecular complexity index is 638. The van der Waals surface area contributed by atoms with Gasteiger partial charge < -0.3 is 8.98 Å². The third-order valence-electron chi connectivity index (χ3n) is 2.84. The third-order valence-corrected chi connectivity index (χ3v) is 2.84. The lowest BCUT2D eigenvalue weighted by Crippen LogP contribution is -2.02. The summed E-state index contributed by atoms with van der Waals surface area (Å²) >= 11 is 0. The number of benzene rings is 1. The predicted molar refractivity (Wildman–Crippen MR) is 65.6 cm³/mol.